The number of rotatable bonds is 8. The minimum atomic E-state index is -0.199. The normalized spacial score (nSPS) is 18.3. The van der Waals surface area contributed by atoms with Crippen molar-refractivity contribution in [3.05, 3.63) is 51.2 Å². The van der Waals surface area contributed by atoms with Crippen LogP contribution in [-0.2, 0) is 27.2 Å². The fraction of sp³-hybridized carbons (Fsp3) is 0.538. The van der Waals surface area contributed by atoms with Crippen LogP contribution in [0.4, 0.5) is 0 Å². The van der Waals surface area contributed by atoms with Crippen LogP contribution < -0.4 is 10.2 Å². The van der Waals surface area contributed by atoms with E-state index < -0.39 is 0 Å². The van der Waals surface area contributed by atoms with Gasteiger partial charge in [0, 0.05) is 62.9 Å². The predicted molar refractivity (Wildman–Crippen MR) is 125 cm³/mol. The first-order valence-corrected chi connectivity index (χ1v) is 11.8. The number of carbonyl (C=O) groups is 1. The Labute approximate surface area is 194 Å². The fourth-order valence-electron chi connectivity index (χ4n) is 4.96. The molecule has 2 aliphatic heterocycles. The van der Waals surface area contributed by atoms with Crippen LogP contribution >= 0.6 is 0 Å². The lowest BCUT2D eigenvalue weighted by Crippen LogP contribution is -2.49. The quantitative estimate of drug-likeness (QED) is 0.616. The summed E-state index contributed by atoms with van der Waals surface area (Å²) < 4.78 is 18.7. The zero-order valence-corrected chi connectivity index (χ0v) is 19.6. The number of hydrogen-bond donors (Lipinski definition) is 0. The maximum absolute atomic E-state index is 12.8. The molecule has 3 aliphatic rings. The summed E-state index contributed by atoms with van der Waals surface area (Å²) in [4.78, 5) is 27.0. The highest BCUT2D eigenvalue weighted by atomic mass is 16.6. The lowest BCUT2D eigenvalue weighted by atomic mass is 9.86. The van der Waals surface area contributed by atoms with Gasteiger partial charge in [-0.2, -0.15) is 0 Å². The standard InChI is InChI=1S/C26H32N2O5/c1-16-23(29)11-24(33-15-21(32-3)14-31-2)28-9-8-19-10-18(6-7-22(19)25(16)28)20-12-27(13-20)26(30)17-4-5-17/h6-7,10-11,17,20-21H,4-5,8-9,12-15H2,1-3H3/t21-/m0/s1. The van der Waals surface area contributed by atoms with E-state index in [2.05, 4.69) is 22.8 Å². The molecule has 176 valence electrons. The van der Waals surface area contributed by atoms with Gasteiger partial charge in [0.1, 0.15) is 12.7 Å². The SMILES string of the molecule is COC[C@@H](COc1cc(=O)c(C)c2n1CCc1cc(C3CN(C(=O)C4CC4)C3)ccc1-2)OC. The van der Waals surface area contributed by atoms with Gasteiger partial charge >= 0.3 is 0 Å². The molecule has 1 amide bonds. The van der Waals surface area contributed by atoms with Crippen LogP contribution in [0.3, 0.4) is 0 Å². The molecule has 0 bridgehead atoms. The number of hydrogen-bond acceptors (Lipinski definition) is 5. The van der Waals surface area contributed by atoms with Crippen LogP contribution in [0.15, 0.2) is 29.1 Å². The van der Waals surface area contributed by atoms with Crippen LogP contribution in [0.25, 0.3) is 11.3 Å². The van der Waals surface area contributed by atoms with Gasteiger partial charge in [-0.05, 0) is 37.3 Å². The Morgan fingerprint density at radius 3 is 2.64 bits per heavy atom. The Kier molecular flexibility index (Phi) is 6.01. The molecule has 0 N–H and O–H groups in total. The third-order valence-corrected chi connectivity index (χ3v) is 7.20. The van der Waals surface area contributed by atoms with Gasteiger partial charge < -0.3 is 23.7 Å². The van der Waals surface area contributed by atoms with Crippen molar-refractivity contribution in [2.75, 3.05) is 40.5 Å². The van der Waals surface area contributed by atoms with Gasteiger partial charge in [0.2, 0.25) is 5.91 Å². The Morgan fingerprint density at radius 1 is 1.15 bits per heavy atom. The lowest BCUT2D eigenvalue weighted by molar-refractivity contribution is -0.137. The maximum atomic E-state index is 12.8. The molecule has 2 fully saturated rings. The number of likely N-dealkylation sites (tertiary alicyclic amines) is 1. The molecule has 3 heterocycles. The van der Waals surface area contributed by atoms with Gasteiger partial charge in [0.05, 0.1) is 12.3 Å². The number of ether oxygens (including phenoxy) is 3. The molecular formula is C26H32N2O5. The highest BCUT2D eigenvalue weighted by molar-refractivity contribution is 5.82. The van der Waals surface area contributed by atoms with Crippen LogP contribution in [0.1, 0.15) is 35.4 Å². The van der Waals surface area contributed by atoms with Crippen LogP contribution in [0.2, 0.25) is 0 Å². The number of methoxy groups -OCH3 is 2. The summed E-state index contributed by atoms with van der Waals surface area (Å²) in [6.45, 7) is 5.02. The summed E-state index contributed by atoms with van der Waals surface area (Å²) in [6, 6.07) is 8.16. The molecule has 7 nitrogen and oxygen atoms in total. The second-order valence-electron chi connectivity index (χ2n) is 9.48. The second kappa shape index (κ2) is 8.95. The zero-order chi connectivity index (χ0) is 23.1. The summed E-state index contributed by atoms with van der Waals surface area (Å²) in [7, 11) is 3.25. The van der Waals surface area contributed by atoms with Crippen molar-refractivity contribution < 1.29 is 19.0 Å². The van der Waals surface area contributed by atoms with Crippen molar-refractivity contribution in [3.8, 4) is 17.1 Å². The molecule has 1 saturated heterocycles. The van der Waals surface area contributed by atoms with E-state index in [-0.39, 0.29) is 17.5 Å². The van der Waals surface area contributed by atoms with E-state index in [1.807, 2.05) is 11.8 Å². The van der Waals surface area contributed by atoms with Crippen LogP contribution in [0, 0.1) is 12.8 Å². The Hall–Kier alpha value is -2.64. The molecule has 33 heavy (non-hydrogen) atoms. The van der Waals surface area contributed by atoms with Gasteiger partial charge in [0.15, 0.2) is 11.3 Å². The minimum absolute atomic E-state index is 0.0258. The molecule has 1 atom stereocenters. The van der Waals surface area contributed by atoms with E-state index in [1.54, 1.807) is 20.3 Å². The van der Waals surface area contributed by atoms with Crippen molar-refractivity contribution in [2.45, 2.75) is 44.8 Å². The molecule has 1 saturated carbocycles. The van der Waals surface area contributed by atoms with E-state index in [4.69, 9.17) is 14.2 Å². The topological polar surface area (TPSA) is 70.0 Å². The van der Waals surface area contributed by atoms with E-state index in [9.17, 15) is 9.59 Å². The summed E-state index contributed by atoms with van der Waals surface area (Å²) in [5, 5.41) is 0. The summed E-state index contributed by atoms with van der Waals surface area (Å²) in [5.41, 5.74) is 5.29. The van der Waals surface area contributed by atoms with Gasteiger partial charge in [-0.1, -0.05) is 18.2 Å². The Bertz CT molecular complexity index is 1110. The number of amides is 1. The van der Waals surface area contributed by atoms with E-state index in [0.717, 1.165) is 55.7 Å². The number of fused-ring (bicyclic) bond motifs is 3. The first-order valence-electron chi connectivity index (χ1n) is 11.8. The lowest BCUT2D eigenvalue weighted by Gasteiger charge is -2.40. The Morgan fingerprint density at radius 2 is 1.94 bits per heavy atom. The summed E-state index contributed by atoms with van der Waals surface area (Å²) >= 11 is 0. The first kappa shape index (κ1) is 22.2. The van der Waals surface area contributed by atoms with E-state index in [1.165, 1.54) is 11.1 Å². The van der Waals surface area contributed by atoms with Crippen molar-refractivity contribution in [3.63, 3.8) is 0 Å². The average molecular weight is 453 g/mol. The molecule has 1 aromatic heterocycles. The molecule has 1 aromatic carbocycles. The third-order valence-electron chi connectivity index (χ3n) is 7.20. The average Bonchev–Trinajstić information content (AvgIpc) is 3.63. The van der Waals surface area contributed by atoms with Crippen LogP contribution in [-0.4, -0.2) is 62.0 Å². The predicted octanol–water partition coefficient (Wildman–Crippen LogP) is 2.76. The van der Waals surface area contributed by atoms with E-state index >= 15 is 0 Å². The minimum Gasteiger partial charge on any atom is -0.476 e. The van der Waals surface area contributed by atoms with Gasteiger partial charge in [0.25, 0.3) is 0 Å². The molecule has 2 aromatic rings. The third kappa shape index (κ3) is 4.20. The van der Waals surface area contributed by atoms with Crippen molar-refractivity contribution >= 4 is 5.91 Å². The monoisotopic (exact) mass is 452 g/mol. The number of nitrogens with zero attached hydrogens (tertiary/aromatic N) is 2. The summed E-state index contributed by atoms with van der Waals surface area (Å²) in [6.07, 6.45) is 2.79. The molecule has 1 aliphatic carbocycles. The first-order chi connectivity index (χ1) is 16.0. The molecule has 0 unspecified atom stereocenters. The smallest absolute Gasteiger partial charge is 0.225 e. The van der Waals surface area contributed by atoms with Crippen molar-refractivity contribution in [2.24, 2.45) is 5.92 Å². The van der Waals surface area contributed by atoms with Crippen LogP contribution in [0.5, 0.6) is 5.88 Å². The number of pyridine rings is 1. The molecular weight excluding hydrogens is 420 g/mol. The van der Waals surface area contributed by atoms with Crippen molar-refractivity contribution in [1.82, 2.24) is 9.47 Å². The van der Waals surface area contributed by atoms with E-state index in [0.29, 0.717) is 30.9 Å². The largest absolute Gasteiger partial charge is 0.476 e. The number of carbonyl (C=O) groups excluding carboxylic acids is 1. The van der Waals surface area contributed by atoms with Gasteiger partial charge in [-0.25, -0.2) is 0 Å². The Balaban J connectivity index is 1.38. The molecule has 7 heteroatoms. The van der Waals surface area contributed by atoms with Gasteiger partial charge in [-0.3, -0.25) is 9.59 Å². The number of benzene rings is 1. The molecule has 0 radical (unpaired) electrons. The highest BCUT2D eigenvalue weighted by Gasteiger charge is 2.39. The summed E-state index contributed by atoms with van der Waals surface area (Å²) in [5.74, 6) is 1.60. The number of aromatic nitrogens is 1. The maximum Gasteiger partial charge on any atom is 0.225 e. The number of aryl methyl sites for hydroxylation is 1. The second-order valence-corrected chi connectivity index (χ2v) is 9.48. The van der Waals surface area contributed by atoms with Gasteiger partial charge in [-0.15, -0.1) is 0 Å². The fourth-order valence-corrected chi connectivity index (χ4v) is 4.96. The zero-order valence-electron chi connectivity index (χ0n) is 19.6. The van der Waals surface area contributed by atoms with Crippen molar-refractivity contribution in [1.29, 1.82) is 0 Å². The molecule has 5 rings (SSSR count). The molecule has 0 spiro atoms. The highest BCUT2D eigenvalue weighted by Crippen LogP contribution is 2.39.